The molecular formula is CH4MgN4. The van der Waals surface area contributed by atoms with Crippen molar-refractivity contribution in [3.05, 3.63) is 6.33 Å². The molecule has 0 spiro atoms. The molecule has 30 valence electrons. The number of nitrogens with one attached hydrogen (secondary N) is 1. The molecule has 0 fully saturated rings. The van der Waals surface area contributed by atoms with Crippen LogP contribution in [0.2, 0.25) is 0 Å². The van der Waals surface area contributed by atoms with Gasteiger partial charge in [-0.3, -0.25) is 0 Å². The summed E-state index contributed by atoms with van der Waals surface area (Å²) in [5.74, 6) is 0. The standard InChI is InChI=1S/CH2N4.Mg.2H/c1-2-4-5-3-1;;;/h1H,(H,2,3,4,5);;;/q;+2;2*-1. The van der Waals surface area contributed by atoms with Gasteiger partial charge < -0.3 is 2.85 Å². The average Bonchev–Trinajstić information content (AvgIpc) is 1.76. The molecule has 0 amide bonds. The van der Waals surface area contributed by atoms with E-state index in [1.54, 1.807) is 0 Å². The molecule has 0 bridgehead atoms. The van der Waals surface area contributed by atoms with Crippen LogP contribution in [-0.4, -0.2) is 43.7 Å². The Morgan fingerprint density at radius 3 is 2.67 bits per heavy atom. The third kappa shape index (κ3) is 1.32. The normalized spacial score (nSPS) is 6.67. The van der Waals surface area contributed by atoms with Crippen LogP contribution in [0.25, 0.3) is 0 Å². The molecule has 0 saturated carbocycles. The van der Waals surface area contributed by atoms with E-state index < -0.39 is 0 Å². The minimum Gasteiger partial charge on any atom is -1.00 e. The number of aromatic amines is 1. The maximum absolute atomic E-state index is 3.38. The summed E-state index contributed by atoms with van der Waals surface area (Å²) in [6.45, 7) is 0. The van der Waals surface area contributed by atoms with Gasteiger partial charge in [-0.25, -0.2) is 0 Å². The minimum atomic E-state index is 0. The second kappa shape index (κ2) is 3.04. The van der Waals surface area contributed by atoms with Crippen molar-refractivity contribution in [2.24, 2.45) is 0 Å². The summed E-state index contributed by atoms with van der Waals surface area (Å²) in [7, 11) is 0. The van der Waals surface area contributed by atoms with Gasteiger partial charge >= 0.3 is 23.1 Å². The number of aromatic nitrogens is 4. The molecule has 6 heavy (non-hydrogen) atoms. The molecule has 0 unspecified atom stereocenters. The van der Waals surface area contributed by atoms with E-state index in [0.717, 1.165) is 0 Å². The van der Waals surface area contributed by atoms with E-state index in [-0.39, 0.29) is 25.9 Å². The predicted molar refractivity (Wildman–Crippen MR) is 22.2 cm³/mol. The van der Waals surface area contributed by atoms with Crippen molar-refractivity contribution in [2.45, 2.75) is 0 Å². The fraction of sp³-hybridized carbons (Fsp3) is 0. The van der Waals surface area contributed by atoms with E-state index >= 15 is 0 Å². The van der Waals surface area contributed by atoms with Crippen molar-refractivity contribution in [1.82, 2.24) is 20.6 Å². The van der Waals surface area contributed by atoms with Gasteiger partial charge in [-0.15, -0.1) is 10.2 Å². The summed E-state index contributed by atoms with van der Waals surface area (Å²) in [6.07, 6.45) is 1.33. The van der Waals surface area contributed by atoms with Gasteiger partial charge in [0.1, 0.15) is 0 Å². The van der Waals surface area contributed by atoms with Crippen LogP contribution < -0.4 is 0 Å². The molecule has 0 aliphatic heterocycles. The number of nitrogens with zero attached hydrogens (tertiary/aromatic N) is 3. The van der Waals surface area contributed by atoms with Crippen molar-refractivity contribution < 1.29 is 2.85 Å². The monoisotopic (exact) mass is 96.0 g/mol. The smallest absolute Gasteiger partial charge is 1.00 e. The zero-order chi connectivity index (χ0) is 3.54. The predicted octanol–water partition coefficient (Wildman–Crippen LogP) is -0.956. The molecule has 4 nitrogen and oxygen atoms in total. The van der Waals surface area contributed by atoms with E-state index in [4.69, 9.17) is 0 Å². The second-order valence-electron chi connectivity index (χ2n) is 0.560. The summed E-state index contributed by atoms with van der Waals surface area (Å²) >= 11 is 0. The molecule has 5 heteroatoms. The van der Waals surface area contributed by atoms with Gasteiger partial charge in [0.15, 0.2) is 6.33 Å². The Bertz CT molecular complexity index is 70.5. The van der Waals surface area contributed by atoms with Crippen molar-refractivity contribution in [3.8, 4) is 0 Å². The van der Waals surface area contributed by atoms with Gasteiger partial charge in [0.25, 0.3) is 0 Å². The largest absolute Gasteiger partial charge is 2.00 e. The maximum atomic E-state index is 3.38. The van der Waals surface area contributed by atoms with E-state index in [1.165, 1.54) is 6.33 Å². The van der Waals surface area contributed by atoms with Crippen molar-refractivity contribution in [1.29, 1.82) is 0 Å². The van der Waals surface area contributed by atoms with Crippen LogP contribution in [0, 0.1) is 0 Å². The van der Waals surface area contributed by atoms with E-state index in [0.29, 0.717) is 0 Å². The average molecular weight is 96.4 g/mol. The number of hydrogen-bond donors (Lipinski definition) is 1. The molecule has 0 radical (unpaired) electrons. The van der Waals surface area contributed by atoms with Crippen molar-refractivity contribution in [3.63, 3.8) is 0 Å². The Kier molecular flexibility index (Phi) is 2.96. The SMILES string of the molecule is [H-].[H-].[Mg+2].c1nn[nH]n1. The maximum Gasteiger partial charge on any atom is 2.00 e. The summed E-state index contributed by atoms with van der Waals surface area (Å²) < 4.78 is 0. The Hall–Kier alpha value is -0.164. The third-order valence-corrected chi connectivity index (χ3v) is 0.270. The molecule has 1 heterocycles. The van der Waals surface area contributed by atoms with Gasteiger partial charge in [-0.2, -0.15) is 5.21 Å². The van der Waals surface area contributed by atoms with Crippen LogP contribution in [0.3, 0.4) is 0 Å². The molecule has 0 aromatic carbocycles. The van der Waals surface area contributed by atoms with Gasteiger partial charge in [0.2, 0.25) is 0 Å². The Balaban J connectivity index is -0.0000000833. The molecule has 0 aliphatic carbocycles. The molecule has 0 aliphatic rings. The second-order valence-corrected chi connectivity index (χ2v) is 0.560. The molecule has 1 N–H and O–H groups in total. The van der Waals surface area contributed by atoms with Gasteiger partial charge in [0.05, 0.1) is 0 Å². The van der Waals surface area contributed by atoms with Gasteiger partial charge in [0, 0.05) is 0 Å². The van der Waals surface area contributed by atoms with Crippen LogP contribution >= 0.6 is 0 Å². The van der Waals surface area contributed by atoms with Crippen LogP contribution in [-0.2, 0) is 0 Å². The molecule has 1 rings (SSSR count). The van der Waals surface area contributed by atoms with Crippen molar-refractivity contribution >= 4 is 23.1 Å². The number of H-pyrrole nitrogens is 1. The molecule has 0 atom stereocenters. The summed E-state index contributed by atoms with van der Waals surface area (Å²) in [5.41, 5.74) is 0. The first kappa shape index (κ1) is 5.84. The van der Waals surface area contributed by atoms with E-state index in [1.807, 2.05) is 0 Å². The fourth-order valence-corrected chi connectivity index (χ4v) is 0.129. The van der Waals surface area contributed by atoms with Crippen molar-refractivity contribution in [2.75, 3.05) is 0 Å². The zero-order valence-corrected chi connectivity index (χ0v) is 4.54. The number of rotatable bonds is 0. The first-order valence-electron chi connectivity index (χ1n) is 1.16. The summed E-state index contributed by atoms with van der Waals surface area (Å²) in [4.78, 5) is 0. The molecule has 1 aromatic rings. The molecular weight excluding hydrogens is 92.3 g/mol. The Labute approximate surface area is 53.4 Å². The minimum absolute atomic E-state index is 0. The Morgan fingerprint density at radius 2 is 2.50 bits per heavy atom. The Morgan fingerprint density at radius 1 is 1.67 bits per heavy atom. The first-order chi connectivity index (χ1) is 2.50. The summed E-state index contributed by atoms with van der Waals surface area (Å²) in [6, 6.07) is 0. The topological polar surface area (TPSA) is 54.5 Å². The number of tetrazole rings is 1. The number of hydrogen-bond acceptors (Lipinski definition) is 3. The van der Waals surface area contributed by atoms with Crippen LogP contribution in [0.4, 0.5) is 0 Å². The van der Waals surface area contributed by atoms with Crippen LogP contribution in [0.15, 0.2) is 6.33 Å². The van der Waals surface area contributed by atoms with Crippen LogP contribution in [0.1, 0.15) is 2.85 Å². The quantitative estimate of drug-likeness (QED) is 0.424. The third-order valence-electron chi connectivity index (χ3n) is 0.270. The molecule has 0 saturated heterocycles. The van der Waals surface area contributed by atoms with Gasteiger partial charge in [-0.1, -0.05) is 5.21 Å². The first-order valence-corrected chi connectivity index (χ1v) is 1.16. The van der Waals surface area contributed by atoms with Gasteiger partial charge in [-0.05, 0) is 0 Å². The fourth-order valence-electron chi connectivity index (χ4n) is 0.129. The zero-order valence-electron chi connectivity index (χ0n) is 5.13. The molecule has 1 aromatic heterocycles. The summed E-state index contributed by atoms with van der Waals surface area (Å²) in [5, 5.41) is 12.2. The van der Waals surface area contributed by atoms with Crippen LogP contribution in [0.5, 0.6) is 0 Å². The van der Waals surface area contributed by atoms with E-state index in [9.17, 15) is 0 Å². The van der Waals surface area contributed by atoms with E-state index in [2.05, 4.69) is 20.6 Å².